The van der Waals surface area contributed by atoms with Crippen LogP contribution in [0.4, 0.5) is 0 Å². The maximum absolute atomic E-state index is 11.8. The predicted molar refractivity (Wildman–Crippen MR) is 77.3 cm³/mol. The van der Waals surface area contributed by atoms with E-state index in [2.05, 4.69) is 0 Å². The van der Waals surface area contributed by atoms with Crippen molar-refractivity contribution < 1.29 is 9.72 Å². The lowest BCUT2D eigenvalue weighted by atomic mass is 9.69. The van der Waals surface area contributed by atoms with Gasteiger partial charge in [0.25, 0.3) is 0 Å². The highest BCUT2D eigenvalue weighted by Crippen LogP contribution is 2.44. The maximum Gasteiger partial charge on any atom is 0.229 e. The van der Waals surface area contributed by atoms with Crippen molar-refractivity contribution in [2.24, 2.45) is 0 Å². The zero-order valence-electron chi connectivity index (χ0n) is 11.9. The van der Waals surface area contributed by atoms with Gasteiger partial charge in [-0.15, -0.1) is 0 Å². The average molecular weight is 275 g/mol. The Morgan fingerprint density at radius 3 is 2.35 bits per heavy atom. The van der Waals surface area contributed by atoms with Crippen LogP contribution < -0.4 is 0 Å². The zero-order chi connectivity index (χ0) is 14.6. The fourth-order valence-corrected chi connectivity index (χ4v) is 3.41. The molecule has 0 unspecified atom stereocenters. The molecule has 20 heavy (non-hydrogen) atoms. The van der Waals surface area contributed by atoms with Gasteiger partial charge in [-0.3, -0.25) is 10.1 Å². The summed E-state index contributed by atoms with van der Waals surface area (Å²) in [5.41, 5.74) is -0.0491. The summed E-state index contributed by atoms with van der Waals surface area (Å²) in [5.74, 6) is -0.290. The van der Waals surface area contributed by atoms with Crippen LogP contribution in [-0.4, -0.2) is 16.2 Å². The van der Waals surface area contributed by atoms with Crippen LogP contribution in [0.15, 0.2) is 30.3 Å². The molecule has 0 N–H and O–H groups in total. The third-order valence-corrected chi connectivity index (χ3v) is 4.43. The summed E-state index contributed by atoms with van der Waals surface area (Å²) >= 11 is 0. The quantitative estimate of drug-likeness (QED) is 0.607. The zero-order valence-corrected chi connectivity index (χ0v) is 11.9. The van der Waals surface area contributed by atoms with Crippen LogP contribution in [0.5, 0.6) is 0 Å². The van der Waals surface area contributed by atoms with Crippen molar-refractivity contribution in [2.45, 2.75) is 56.9 Å². The fourth-order valence-electron chi connectivity index (χ4n) is 3.41. The van der Waals surface area contributed by atoms with Crippen LogP contribution in [0.3, 0.4) is 0 Å². The number of nitrogens with zero attached hydrogens (tertiary/aromatic N) is 1. The Kier molecular flexibility index (Phi) is 4.53. The van der Waals surface area contributed by atoms with Gasteiger partial charge in [-0.1, -0.05) is 36.8 Å². The molecule has 0 aliphatic heterocycles. The number of nitro groups is 1. The Balaban J connectivity index is 2.42. The van der Waals surface area contributed by atoms with Gasteiger partial charge in [0, 0.05) is 24.2 Å². The van der Waals surface area contributed by atoms with E-state index in [0.29, 0.717) is 12.8 Å². The highest BCUT2D eigenvalue weighted by atomic mass is 16.6. The third-order valence-electron chi connectivity index (χ3n) is 4.43. The van der Waals surface area contributed by atoms with Crippen molar-refractivity contribution in [2.75, 3.05) is 0 Å². The van der Waals surface area contributed by atoms with Crippen molar-refractivity contribution in [3.63, 3.8) is 0 Å². The summed E-state index contributed by atoms with van der Waals surface area (Å²) < 4.78 is 0. The summed E-state index contributed by atoms with van der Waals surface area (Å²) in [6, 6.07) is 9.49. The molecule has 0 spiro atoms. The summed E-state index contributed by atoms with van der Waals surface area (Å²) in [6.45, 7) is 1.52. The van der Waals surface area contributed by atoms with Gasteiger partial charge < -0.3 is 4.79 Å². The van der Waals surface area contributed by atoms with Crippen LogP contribution in [0, 0.1) is 10.1 Å². The van der Waals surface area contributed by atoms with Crippen molar-refractivity contribution in [1.82, 2.24) is 0 Å². The van der Waals surface area contributed by atoms with E-state index in [4.69, 9.17) is 0 Å². The summed E-state index contributed by atoms with van der Waals surface area (Å²) in [4.78, 5) is 23.3. The first kappa shape index (κ1) is 14.7. The topological polar surface area (TPSA) is 60.2 Å². The molecule has 4 heteroatoms. The maximum atomic E-state index is 11.8. The largest absolute Gasteiger partial charge is 0.300 e. The normalized spacial score (nSPS) is 19.2. The summed E-state index contributed by atoms with van der Waals surface area (Å²) in [5, 5.41) is 11.8. The van der Waals surface area contributed by atoms with Gasteiger partial charge in [-0.05, 0) is 25.3 Å². The average Bonchev–Trinajstić information content (AvgIpc) is 2.46. The molecule has 0 radical (unpaired) electrons. The smallest absolute Gasteiger partial charge is 0.229 e. The van der Waals surface area contributed by atoms with Gasteiger partial charge in [-0.2, -0.15) is 0 Å². The molecular weight excluding hydrogens is 254 g/mol. The third kappa shape index (κ3) is 2.89. The van der Waals surface area contributed by atoms with E-state index in [1.807, 2.05) is 30.3 Å². The number of Topliss-reactive ketones (excluding diaryl/α,β-unsaturated/α-hetero) is 1. The van der Waals surface area contributed by atoms with Crippen LogP contribution in [0.25, 0.3) is 0 Å². The molecule has 0 bridgehead atoms. The standard InChI is InChI=1S/C16H21NO3/c1-13(18)12-15(14-8-4-2-5-9-14)16(17(19)20)10-6-3-7-11-16/h2,4-5,8-9,15H,3,6-7,10-12H2,1H3/t15-/m1/s1. The number of ketones is 1. The first-order valence-corrected chi connectivity index (χ1v) is 7.25. The van der Waals surface area contributed by atoms with E-state index >= 15 is 0 Å². The predicted octanol–water partition coefficient (Wildman–Crippen LogP) is 3.73. The van der Waals surface area contributed by atoms with Gasteiger partial charge in [0.05, 0.1) is 5.92 Å². The molecule has 1 fully saturated rings. The van der Waals surface area contributed by atoms with E-state index in [1.165, 1.54) is 6.92 Å². The molecular formula is C16H21NO3. The van der Waals surface area contributed by atoms with Crippen molar-refractivity contribution in [3.05, 3.63) is 46.0 Å². The number of carbonyl (C=O) groups excluding carboxylic acids is 1. The van der Waals surface area contributed by atoms with Crippen LogP contribution in [0.2, 0.25) is 0 Å². The second-order valence-electron chi connectivity index (χ2n) is 5.79. The molecule has 1 aliphatic rings. The van der Waals surface area contributed by atoms with E-state index in [1.54, 1.807) is 0 Å². The SMILES string of the molecule is CC(=O)C[C@H](c1ccccc1)C1([N+](=O)[O-])CCCCC1. The molecule has 1 saturated carbocycles. The Bertz CT molecular complexity index is 478. The second kappa shape index (κ2) is 6.16. The molecule has 1 atom stereocenters. The molecule has 1 aromatic carbocycles. The van der Waals surface area contributed by atoms with E-state index in [-0.39, 0.29) is 23.0 Å². The molecule has 0 aromatic heterocycles. The molecule has 1 aliphatic carbocycles. The van der Waals surface area contributed by atoms with Gasteiger partial charge in [0.2, 0.25) is 5.54 Å². The Labute approximate surface area is 119 Å². The van der Waals surface area contributed by atoms with Crippen molar-refractivity contribution in [3.8, 4) is 0 Å². The van der Waals surface area contributed by atoms with E-state index in [9.17, 15) is 14.9 Å². The number of carbonyl (C=O) groups is 1. The Hall–Kier alpha value is -1.71. The first-order chi connectivity index (χ1) is 9.56. The number of rotatable bonds is 5. The van der Waals surface area contributed by atoms with Crippen LogP contribution in [-0.2, 0) is 4.79 Å². The molecule has 0 heterocycles. The fraction of sp³-hybridized carbons (Fsp3) is 0.562. The molecule has 108 valence electrons. The lowest BCUT2D eigenvalue weighted by Crippen LogP contribution is -2.46. The lowest BCUT2D eigenvalue weighted by Gasteiger charge is -2.36. The Morgan fingerprint density at radius 1 is 1.25 bits per heavy atom. The number of benzene rings is 1. The molecule has 0 saturated heterocycles. The molecule has 2 rings (SSSR count). The van der Waals surface area contributed by atoms with Crippen LogP contribution >= 0.6 is 0 Å². The highest BCUT2D eigenvalue weighted by molar-refractivity contribution is 5.76. The minimum Gasteiger partial charge on any atom is -0.300 e. The van der Waals surface area contributed by atoms with Gasteiger partial charge in [-0.25, -0.2) is 0 Å². The van der Waals surface area contributed by atoms with Gasteiger partial charge in [0.15, 0.2) is 0 Å². The van der Waals surface area contributed by atoms with Crippen LogP contribution in [0.1, 0.15) is 56.9 Å². The summed E-state index contributed by atoms with van der Waals surface area (Å²) in [6.07, 6.45) is 4.21. The first-order valence-electron chi connectivity index (χ1n) is 7.25. The van der Waals surface area contributed by atoms with Crippen molar-refractivity contribution >= 4 is 5.78 Å². The highest BCUT2D eigenvalue weighted by Gasteiger charge is 2.51. The minimum atomic E-state index is -0.967. The Morgan fingerprint density at radius 2 is 1.85 bits per heavy atom. The second-order valence-corrected chi connectivity index (χ2v) is 5.79. The molecule has 1 aromatic rings. The molecule has 0 amide bonds. The van der Waals surface area contributed by atoms with E-state index in [0.717, 1.165) is 24.8 Å². The van der Waals surface area contributed by atoms with Gasteiger partial charge >= 0.3 is 0 Å². The minimum absolute atomic E-state index is 0.0191. The van der Waals surface area contributed by atoms with Crippen molar-refractivity contribution in [1.29, 1.82) is 0 Å². The number of hydrogen-bond acceptors (Lipinski definition) is 3. The monoisotopic (exact) mass is 275 g/mol. The van der Waals surface area contributed by atoms with E-state index < -0.39 is 5.54 Å². The molecule has 4 nitrogen and oxygen atoms in total. The van der Waals surface area contributed by atoms with Gasteiger partial charge in [0.1, 0.15) is 5.78 Å². The lowest BCUT2D eigenvalue weighted by molar-refractivity contribution is -0.580. The summed E-state index contributed by atoms with van der Waals surface area (Å²) in [7, 11) is 0. The number of hydrogen-bond donors (Lipinski definition) is 0.